The zero-order chi connectivity index (χ0) is 21.6. The largest absolute Gasteiger partial charge is 0.493 e. The van der Waals surface area contributed by atoms with Crippen LogP contribution in [0.3, 0.4) is 0 Å². The van der Waals surface area contributed by atoms with Crippen molar-refractivity contribution in [1.82, 2.24) is 10.3 Å². The lowest BCUT2D eigenvalue weighted by Crippen LogP contribution is -2.20. The number of aromatic amines is 1. The molecule has 1 unspecified atom stereocenters. The van der Waals surface area contributed by atoms with Crippen LogP contribution < -0.4 is 10.1 Å². The Kier molecular flexibility index (Phi) is 7.95. The summed E-state index contributed by atoms with van der Waals surface area (Å²) in [6.45, 7) is 7.45. The number of nitrogens with one attached hydrogen (secondary N) is 2. The molecular formula is C27H37BrN2O. The average molecular weight is 486 g/mol. The molecular weight excluding hydrogens is 448 g/mol. The van der Waals surface area contributed by atoms with E-state index < -0.39 is 0 Å². The van der Waals surface area contributed by atoms with Crippen LogP contribution in [0.1, 0.15) is 70.8 Å². The maximum atomic E-state index is 6.14. The fourth-order valence-electron chi connectivity index (χ4n) is 4.96. The molecule has 4 rings (SSSR count). The molecule has 1 heterocycles. The van der Waals surface area contributed by atoms with Gasteiger partial charge in [-0.15, -0.1) is 0 Å². The monoisotopic (exact) mass is 484 g/mol. The molecule has 2 N–H and O–H groups in total. The van der Waals surface area contributed by atoms with Crippen LogP contribution >= 0.6 is 15.9 Å². The number of halogens is 1. The first kappa shape index (κ1) is 22.7. The summed E-state index contributed by atoms with van der Waals surface area (Å²) in [4.78, 5) is 3.63. The third-order valence-corrected chi connectivity index (χ3v) is 7.49. The summed E-state index contributed by atoms with van der Waals surface area (Å²) in [5.41, 5.74) is 3.68. The number of fused-ring (bicyclic) bond motifs is 3. The van der Waals surface area contributed by atoms with Gasteiger partial charge in [0, 0.05) is 27.9 Å². The van der Waals surface area contributed by atoms with Crippen molar-refractivity contribution in [2.45, 2.75) is 71.8 Å². The number of unbranched alkanes of at least 4 members (excludes halogenated alkanes) is 2. The average Bonchev–Trinajstić information content (AvgIpc) is 3.42. The van der Waals surface area contributed by atoms with E-state index in [4.69, 9.17) is 4.74 Å². The van der Waals surface area contributed by atoms with E-state index in [1.807, 2.05) is 0 Å². The molecule has 0 bridgehead atoms. The first-order chi connectivity index (χ1) is 15.2. The Bertz CT molecular complexity index is 990. The molecule has 0 saturated heterocycles. The number of H-pyrrole nitrogens is 1. The smallest absolute Gasteiger partial charge is 0.121 e. The number of aromatic nitrogens is 1. The lowest BCUT2D eigenvalue weighted by atomic mass is 10.0. The molecule has 31 heavy (non-hydrogen) atoms. The standard InChI is InChI=1S/C27H37BrN2O/c1-3-4-5-8-19(2)16-29-17-21-11-14-24(28)27-26(21)23-13-12-22(15-25(23)30-27)31-18-20-9-6-7-10-20/h11-15,19-20,29-30H,3-10,16-18H2,1-2H3. The summed E-state index contributed by atoms with van der Waals surface area (Å²) >= 11 is 3.75. The van der Waals surface area contributed by atoms with Crippen LogP contribution in [-0.4, -0.2) is 18.1 Å². The van der Waals surface area contributed by atoms with Crippen molar-refractivity contribution in [1.29, 1.82) is 0 Å². The highest BCUT2D eigenvalue weighted by molar-refractivity contribution is 9.10. The van der Waals surface area contributed by atoms with Crippen LogP contribution in [0, 0.1) is 11.8 Å². The minimum absolute atomic E-state index is 0.722. The Morgan fingerprint density at radius 2 is 2.00 bits per heavy atom. The topological polar surface area (TPSA) is 37.0 Å². The third kappa shape index (κ3) is 5.64. The Morgan fingerprint density at radius 1 is 1.16 bits per heavy atom. The molecule has 1 fully saturated rings. The number of ether oxygens (including phenoxy) is 1. The van der Waals surface area contributed by atoms with Crippen molar-refractivity contribution in [3.63, 3.8) is 0 Å². The molecule has 3 nitrogen and oxygen atoms in total. The molecule has 0 radical (unpaired) electrons. The van der Waals surface area contributed by atoms with Crippen molar-refractivity contribution >= 4 is 37.7 Å². The van der Waals surface area contributed by atoms with Crippen LogP contribution in [0.2, 0.25) is 0 Å². The minimum atomic E-state index is 0.722. The number of hydrogen-bond donors (Lipinski definition) is 2. The molecule has 1 aromatic heterocycles. The first-order valence-corrected chi connectivity index (χ1v) is 13.0. The zero-order valence-corrected chi connectivity index (χ0v) is 20.7. The first-order valence-electron chi connectivity index (χ1n) is 12.2. The molecule has 1 atom stereocenters. The van der Waals surface area contributed by atoms with E-state index in [9.17, 15) is 0 Å². The second kappa shape index (κ2) is 10.9. The predicted molar refractivity (Wildman–Crippen MR) is 136 cm³/mol. The van der Waals surface area contributed by atoms with Gasteiger partial charge in [-0.2, -0.15) is 0 Å². The summed E-state index contributed by atoms with van der Waals surface area (Å²) in [6.07, 6.45) is 10.6. The van der Waals surface area contributed by atoms with Gasteiger partial charge in [-0.25, -0.2) is 0 Å². The molecule has 1 aliphatic rings. The van der Waals surface area contributed by atoms with E-state index in [1.54, 1.807) is 0 Å². The quantitative estimate of drug-likeness (QED) is 0.270. The van der Waals surface area contributed by atoms with Crippen molar-refractivity contribution in [3.05, 3.63) is 40.4 Å². The van der Waals surface area contributed by atoms with Gasteiger partial charge in [0.2, 0.25) is 0 Å². The van der Waals surface area contributed by atoms with Crippen LogP contribution in [-0.2, 0) is 6.54 Å². The molecule has 0 aliphatic heterocycles. The molecule has 1 aliphatic carbocycles. The van der Waals surface area contributed by atoms with E-state index in [0.29, 0.717) is 0 Å². The number of rotatable bonds is 11. The molecule has 0 amide bonds. The van der Waals surface area contributed by atoms with Crippen LogP contribution in [0.15, 0.2) is 34.8 Å². The van der Waals surface area contributed by atoms with Crippen molar-refractivity contribution in [3.8, 4) is 5.75 Å². The normalized spacial score (nSPS) is 15.8. The number of benzene rings is 2. The zero-order valence-electron chi connectivity index (χ0n) is 19.1. The summed E-state index contributed by atoms with van der Waals surface area (Å²) in [5.74, 6) is 2.43. The van der Waals surface area contributed by atoms with E-state index >= 15 is 0 Å². The van der Waals surface area contributed by atoms with Gasteiger partial charge >= 0.3 is 0 Å². The Labute approximate surface area is 195 Å². The van der Waals surface area contributed by atoms with Crippen LogP contribution in [0.4, 0.5) is 0 Å². The van der Waals surface area contributed by atoms with Crippen molar-refractivity contribution in [2.24, 2.45) is 11.8 Å². The molecule has 2 aromatic carbocycles. The predicted octanol–water partition coefficient (Wildman–Crippen LogP) is 7.96. The lowest BCUT2D eigenvalue weighted by Gasteiger charge is -2.13. The van der Waals surface area contributed by atoms with Gasteiger partial charge in [0.1, 0.15) is 5.75 Å². The van der Waals surface area contributed by atoms with Crippen molar-refractivity contribution in [2.75, 3.05) is 13.2 Å². The highest BCUT2D eigenvalue weighted by Gasteiger charge is 2.16. The fourth-order valence-corrected chi connectivity index (χ4v) is 5.39. The third-order valence-electron chi connectivity index (χ3n) is 6.83. The lowest BCUT2D eigenvalue weighted by molar-refractivity contribution is 0.252. The van der Waals surface area contributed by atoms with E-state index in [2.05, 4.69) is 70.4 Å². The van der Waals surface area contributed by atoms with Crippen LogP contribution in [0.25, 0.3) is 21.8 Å². The van der Waals surface area contributed by atoms with E-state index in [1.165, 1.54) is 73.2 Å². The second-order valence-electron chi connectivity index (χ2n) is 9.48. The van der Waals surface area contributed by atoms with Gasteiger partial charge in [-0.05, 0) is 77.3 Å². The molecule has 1 saturated carbocycles. The highest BCUT2D eigenvalue weighted by atomic mass is 79.9. The highest BCUT2D eigenvalue weighted by Crippen LogP contribution is 2.35. The molecule has 0 spiro atoms. The minimum Gasteiger partial charge on any atom is -0.493 e. The SMILES string of the molecule is CCCCCC(C)CNCc1ccc(Br)c2[nH]c3cc(OCC4CCCC4)ccc3c12. The van der Waals surface area contributed by atoms with Gasteiger partial charge in [0.25, 0.3) is 0 Å². The second-order valence-corrected chi connectivity index (χ2v) is 10.3. The fraction of sp³-hybridized carbons (Fsp3) is 0.556. The van der Waals surface area contributed by atoms with Crippen molar-refractivity contribution < 1.29 is 4.74 Å². The summed E-state index contributed by atoms with van der Waals surface area (Å²) < 4.78 is 7.26. The van der Waals surface area contributed by atoms with Gasteiger partial charge in [-0.3, -0.25) is 0 Å². The van der Waals surface area contributed by atoms with E-state index in [0.717, 1.165) is 47.3 Å². The molecule has 3 aromatic rings. The summed E-state index contributed by atoms with van der Waals surface area (Å²) in [7, 11) is 0. The van der Waals surface area contributed by atoms with E-state index in [-0.39, 0.29) is 0 Å². The Balaban J connectivity index is 1.47. The van der Waals surface area contributed by atoms with Gasteiger partial charge in [0.05, 0.1) is 17.6 Å². The van der Waals surface area contributed by atoms with Gasteiger partial charge in [0.15, 0.2) is 0 Å². The van der Waals surface area contributed by atoms with Gasteiger partial charge in [-0.1, -0.05) is 52.0 Å². The number of hydrogen-bond acceptors (Lipinski definition) is 2. The van der Waals surface area contributed by atoms with Gasteiger partial charge < -0.3 is 15.0 Å². The summed E-state index contributed by atoms with van der Waals surface area (Å²) in [5, 5.41) is 6.30. The maximum Gasteiger partial charge on any atom is 0.121 e. The molecule has 168 valence electrons. The Hall–Kier alpha value is -1.52. The summed E-state index contributed by atoms with van der Waals surface area (Å²) in [6, 6.07) is 10.9. The van der Waals surface area contributed by atoms with Crippen LogP contribution in [0.5, 0.6) is 5.75 Å². The Morgan fingerprint density at radius 3 is 2.81 bits per heavy atom. The molecule has 4 heteroatoms. The maximum absolute atomic E-state index is 6.14.